The quantitative estimate of drug-likeness (QED) is 0.882. The monoisotopic (exact) mass is 291 g/mol. The van der Waals surface area contributed by atoms with Crippen molar-refractivity contribution in [2.45, 2.75) is 25.8 Å². The summed E-state index contributed by atoms with van der Waals surface area (Å²) in [4.78, 5) is 23.0. The Morgan fingerprint density at radius 2 is 2.06 bits per heavy atom. The Bertz CT molecular complexity index is 495. The summed E-state index contributed by atoms with van der Waals surface area (Å²) in [5.74, 6) is -1.80. The lowest BCUT2D eigenvalue weighted by atomic mass is 9.99. The van der Waals surface area contributed by atoms with Crippen LogP contribution in [0.15, 0.2) is 6.07 Å². The van der Waals surface area contributed by atoms with Gasteiger partial charge in [-0.2, -0.15) is 0 Å². The topological polar surface area (TPSA) is 92.2 Å². The van der Waals surface area contributed by atoms with Crippen LogP contribution in [0.25, 0.3) is 0 Å². The molecule has 6 nitrogen and oxygen atoms in total. The summed E-state index contributed by atoms with van der Waals surface area (Å²) < 4.78 is 0. The number of amides is 1. The number of hydrogen-bond donors (Lipinski definition) is 2. The van der Waals surface area contributed by atoms with Crippen LogP contribution in [0.1, 0.15) is 30.6 Å². The average Bonchev–Trinajstić information content (AvgIpc) is 2.31. The minimum absolute atomic E-state index is 0.00178. The first kappa shape index (κ1) is 14.7. The molecule has 0 saturated carbocycles. The standard InChI is InChI=1S/C10H11Cl2N3O3/c1-3-10(2,9(17)18)13-8(16)5-4-6(11)14-15-7(5)12/h4H,3H2,1-2H3,(H,13,16)(H,17,18). The Balaban J connectivity index is 3.02. The molecule has 2 N–H and O–H groups in total. The normalized spacial score (nSPS) is 13.8. The van der Waals surface area contributed by atoms with Gasteiger partial charge in [0.05, 0.1) is 5.56 Å². The maximum Gasteiger partial charge on any atom is 0.329 e. The fraction of sp³-hybridized carbons (Fsp3) is 0.400. The van der Waals surface area contributed by atoms with E-state index in [1.165, 1.54) is 13.0 Å². The summed E-state index contributed by atoms with van der Waals surface area (Å²) in [6.07, 6.45) is 0.220. The molecule has 1 unspecified atom stereocenters. The summed E-state index contributed by atoms with van der Waals surface area (Å²) in [5, 5.41) is 18.2. The van der Waals surface area contributed by atoms with E-state index in [9.17, 15) is 9.59 Å². The van der Waals surface area contributed by atoms with Crippen molar-refractivity contribution in [1.29, 1.82) is 0 Å². The van der Waals surface area contributed by atoms with Gasteiger partial charge in [0.2, 0.25) is 0 Å². The number of nitrogens with one attached hydrogen (secondary N) is 1. The van der Waals surface area contributed by atoms with Crippen LogP contribution in [0, 0.1) is 0 Å². The summed E-state index contributed by atoms with van der Waals surface area (Å²) >= 11 is 11.3. The molecule has 98 valence electrons. The molecule has 0 aromatic carbocycles. The number of aliphatic carboxylic acids is 1. The predicted octanol–water partition coefficient (Wildman–Crippen LogP) is 1.77. The highest BCUT2D eigenvalue weighted by Gasteiger charge is 2.33. The maximum absolute atomic E-state index is 11.9. The molecule has 0 aliphatic heterocycles. The van der Waals surface area contributed by atoms with Crippen molar-refractivity contribution in [2.75, 3.05) is 0 Å². The number of carboxylic acids is 1. The van der Waals surface area contributed by atoms with Crippen molar-refractivity contribution in [3.8, 4) is 0 Å². The van der Waals surface area contributed by atoms with Crippen molar-refractivity contribution in [3.05, 3.63) is 21.9 Å². The third-order valence-corrected chi connectivity index (χ3v) is 3.00. The number of halogens is 2. The Morgan fingerprint density at radius 1 is 1.44 bits per heavy atom. The van der Waals surface area contributed by atoms with Crippen LogP contribution in [0.5, 0.6) is 0 Å². The van der Waals surface area contributed by atoms with Gasteiger partial charge in [0.15, 0.2) is 10.3 Å². The number of aromatic nitrogens is 2. The third-order valence-electron chi connectivity index (χ3n) is 2.53. The molecule has 1 aromatic heterocycles. The molecule has 0 aliphatic carbocycles. The van der Waals surface area contributed by atoms with Gasteiger partial charge in [-0.05, 0) is 19.4 Å². The maximum atomic E-state index is 11.9. The van der Waals surface area contributed by atoms with E-state index in [0.717, 1.165) is 0 Å². The molecular weight excluding hydrogens is 281 g/mol. The molecule has 18 heavy (non-hydrogen) atoms. The molecule has 1 aromatic rings. The van der Waals surface area contributed by atoms with E-state index in [0.29, 0.717) is 0 Å². The number of nitrogens with zero attached hydrogens (tertiary/aromatic N) is 2. The summed E-state index contributed by atoms with van der Waals surface area (Å²) in [7, 11) is 0. The first-order chi connectivity index (χ1) is 8.30. The summed E-state index contributed by atoms with van der Waals surface area (Å²) in [6, 6.07) is 1.23. The molecule has 0 saturated heterocycles. The first-order valence-electron chi connectivity index (χ1n) is 5.05. The Hall–Kier alpha value is -1.40. The minimum Gasteiger partial charge on any atom is -0.480 e. The zero-order chi connectivity index (χ0) is 13.9. The van der Waals surface area contributed by atoms with Gasteiger partial charge in [0, 0.05) is 0 Å². The van der Waals surface area contributed by atoms with Crippen LogP contribution in [0.2, 0.25) is 10.3 Å². The second-order valence-electron chi connectivity index (χ2n) is 3.82. The number of carbonyl (C=O) groups excluding carboxylic acids is 1. The number of hydrogen-bond acceptors (Lipinski definition) is 4. The minimum atomic E-state index is -1.38. The van der Waals surface area contributed by atoms with Gasteiger partial charge in [0.1, 0.15) is 5.54 Å². The fourth-order valence-electron chi connectivity index (χ4n) is 1.12. The lowest BCUT2D eigenvalue weighted by molar-refractivity contribution is -0.143. The zero-order valence-corrected chi connectivity index (χ0v) is 11.2. The Kier molecular flexibility index (Phi) is 4.48. The van der Waals surface area contributed by atoms with E-state index in [1.54, 1.807) is 6.92 Å². The van der Waals surface area contributed by atoms with E-state index in [4.69, 9.17) is 28.3 Å². The Labute approximate surface area is 113 Å². The van der Waals surface area contributed by atoms with Crippen LogP contribution in [-0.2, 0) is 4.79 Å². The molecule has 1 heterocycles. The van der Waals surface area contributed by atoms with Gasteiger partial charge >= 0.3 is 5.97 Å². The van der Waals surface area contributed by atoms with Crippen LogP contribution < -0.4 is 5.32 Å². The number of carbonyl (C=O) groups is 2. The van der Waals surface area contributed by atoms with Gasteiger partial charge in [0.25, 0.3) is 5.91 Å². The van der Waals surface area contributed by atoms with Crippen molar-refractivity contribution >= 4 is 35.1 Å². The number of carboxylic acid groups (broad SMARTS) is 1. The fourth-order valence-corrected chi connectivity index (χ4v) is 1.45. The molecule has 1 amide bonds. The second-order valence-corrected chi connectivity index (χ2v) is 4.56. The lowest BCUT2D eigenvalue weighted by Crippen LogP contribution is -2.51. The highest BCUT2D eigenvalue weighted by Crippen LogP contribution is 2.17. The van der Waals surface area contributed by atoms with Crippen LogP contribution >= 0.6 is 23.2 Å². The average molecular weight is 292 g/mol. The van der Waals surface area contributed by atoms with Crippen molar-refractivity contribution in [2.24, 2.45) is 0 Å². The highest BCUT2D eigenvalue weighted by molar-refractivity contribution is 6.34. The van der Waals surface area contributed by atoms with Gasteiger partial charge in [-0.1, -0.05) is 30.1 Å². The predicted molar refractivity (Wildman–Crippen MR) is 65.9 cm³/mol. The van der Waals surface area contributed by atoms with Gasteiger partial charge < -0.3 is 10.4 Å². The third kappa shape index (κ3) is 3.08. The van der Waals surface area contributed by atoms with Gasteiger partial charge in [-0.3, -0.25) is 4.79 Å². The molecule has 0 aliphatic rings. The van der Waals surface area contributed by atoms with Crippen LogP contribution in [0.4, 0.5) is 0 Å². The SMILES string of the molecule is CCC(C)(NC(=O)c1cc(Cl)nnc1Cl)C(=O)O. The molecule has 0 bridgehead atoms. The molecular formula is C10H11Cl2N3O3. The molecule has 8 heteroatoms. The smallest absolute Gasteiger partial charge is 0.329 e. The second kappa shape index (κ2) is 5.49. The lowest BCUT2D eigenvalue weighted by Gasteiger charge is -2.24. The molecule has 1 rings (SSSR count). The summed E-state index contributed by atoms with van der Waals surface area (Å²) in [6.45, 7) is 3.05. The Morgan fingerprint density at radius 3 is 2.56 bits per heavy atom. The van der Waals surface area contributed by atoms with E-state index >= 15 is 0 Å². The van der Waals surface area contributed by atoms with E-state index in [2.05, 4.69) is 15.5 Å². The molecule has 0 radical (unpaired) electrons. The molecule has 0 spiro atoms. The first-order valence-corrected chi connectivity index (χ1v) is 5.80. The van der Waals surface area contributed by atoms with Crippen molar-refractivity contribution in [1.82, 2.24) is 15.5 Å². The van der Waals surface area contributed by atoms with Crippen LogP contribution in [-0.4, -0.2) is 32.7 Å². The number of rotatable bonds is 4. The van der Waals surface area contributed by atoms with Crippen LogP contribution in [0.3, 0.4) is 0 Å². The van der Waals surface area contributed by atoms with Gasteiger partial charge in [-0.25, -0.2) is 4.79 Å². The van der Waals surface area contributed by atoms with E-state index < -0.39 is 17.4 Å². The summed E-state index contributed by atoms with van der Waals surface area (Å²) in [5.41, 5.74) is -1.39. The van der Waals surface area contributed by atoms with Crippen molar-refractivity contribution in [3.63, 3.8) is 0 Å². The largest absolute Gasteiger partial charge is 0.480 e. The molecule has 1 atom stereocenters. The van der Waals surface area contributed by atoms with Crippen molar-refractivity contribution < 1.29 is 14.7 Å². The molecule has 0 fully saturated rings. The zero-order valence-electron chi connectivity index (χ0n) is 9.70. The highest BCUT2D eigenvalue weighted by atomic mass is 35.5. The van der Waals surface area contributed by atoms with Gasteiger partial charge in [-0.15, -0.1) is 10.2 Å². The van der Waals surface area contributed by atoms with E-state index in [1.807, 2.05) is 0 Å². The van der Waals surface area contributed by atoms with E-state index in [-0.39, 0.29) is 22.3 Å².